The molecule has 1 saturated heterocycles. The summed E-state index contributed by atoms with van der Waals surface area (Å²) >= 11 is 0. The highest BCUT2D eigenvalue weighted by atomic mass is 16.5. The van der Waals surface area contributed by atoms with E-state index in [0.717, 1.165) is 42.8 Å². The molecule has 106 valence electrons. The molecule has 6 heteroatoms. The third-order valence-corrected chi connectivity index (χ3v) is 3.85. The molecule has 0 aromatic carbocycles. The maximum absolute atomic E-state index is 12.6. The van der Waals surface area contributed by atoms with Crippen molar-refractivity contribution in [2.75, 3.05) is 6.54 Å². The van der Waals surface area contributed by atoms with E-state index in [1.54, 1.807) is 12.3 Å². The van der Waals surface area contributed by atoms with Crippen molar-refractivity contribution in [2.45, 2.75) is 39.2 Å². The van der Waals surface area contributed by atoms with Gasteiger partial charge in [-0.1, -0.05) is 12.1 Å². The van der Waals surface area contributed by atoms with E-state index in [2.05, 4.69) is 15.4 Å². The number of hydrogen-bond donors (Lipinski definition) is 1. The summed E-state index contributed by atoms with van der Waals surface area (Å²) in [7, 11) is 0. The van der Waals surface area contributed by atoms with Crippen molar-refractivity contribution >= 4 is 5.91 Å². The summed E-state index contributed by atoms with van der Waals surface area (Å²) in [5.41, 5.74) is 2.91. The molecule has 3 heterocycles. The monoisotopic (exact) mass is 274 g/mol. The molecule has 0 spiro atoms. The van der Waals surface area contributed by atoms with Crippen LogP contribution in [0.4, 0.5) is 0 Å². The van der Waals surface area contributed by atoms with Crippen LogP contribution in [0.25, 0.3) is 0 Å². The van der Waals surface area contributed by atoms with Gasteiger partial charge in [-0.15, -0.1) is 0 Å². The zero-order valence-corrected chi connectivity index (χ0v) is 11.7. The molecule has 0 radical (unpaired) electrons. The molecule has 1 atom stereocenters. The van der Waals surface area contributed by atoms with Gasteiger partial charge in [-0.3, -0.25) is 9.89 Å². The van der Waals surface area contributed by atoms with Crippen LogP contribution in [0, 0.1) is 6.92 Å². The normalized spacial score (nSPS) is 18.7. The van der Waals surface area contributed by atoms with Crippen molar-refractivity contribution in [1.29, 1.82) is 0 Å². The van der Waals surface area contributed by atoms with Gasteiger partial charge in [0.15, 0.2) is 0 Å². The number of likely N-dealkylation sites (tertiary alicyclic amines) is 1. The van der Waals surface area contributed by atoms with Gasteiger partial charge in [0.05, 0.1) is 23.6 Å². The first-order valence-electron chi connectivity index (χ1n) is 6.97. The fraction of sp³-hybridized carbons (Fsp3) is 0.500. The molecule has 1 unspecified atom stereocenters. The summed E-state index contributed by atoms with van der Waals surface area (Å²) in [5, 5.41) is 11.0. The van der Waals surface area contributed by atoms with E-state index < -0.39 is 0 Å². The van der Waals surface area contributed by atoms with Crippen LogP contribution in [0.3, 0.4) is 0 Å². The van der Waals surface area contributed by atoms with E-state index in [9.17, 15) is 4.79 Å². The summed E-state index contributed by atoms with van der Waals surface area (Å²) in [5.74, 6) is 0.236. The number of H-pyrrole nitrogens is 1. The third kappa shape index (κ3) is 2.11. The number of aromatic amines is 1. The van der Waals surface area contributed by atoms with E-state index in [-0.39, 0.29) is 11.9 Å². The van der Waals surface area contributed by atoms with Gasteiger partial charge in [-0.2, -0.15) is 5.10 Å². The molecule has 6 nitrogen and oxygen atoms in total. The number of amides is 1. The highest BCUT2D eigenvalue weighted by molar-refractivity contribution is 5.92. The highest BCUT2D eigenvalue weighted by Crippen LogP contribution is 2.33. The predicted octanol–water partition coefficient (Wildman–Crippen LogP) is 2.25. The quantitative estimate of drug-likeness (QED) is 0.931. The summed E-state index contributed by atoms with van der Waals surface area (Å²) in [4.78, 5) is 14.4. The topological polar surface area (TPSA) is 75.0 Å². The van der Waals surface area contributed by atoms with Crippen LogP contribution < -0.4 is 0 Å². The molecule has 1 aliphatic heterocycles. The fourth-order valence-electron chi connectivity index (χ4n) is 2.72. The van der Waals surface area contributed by atoms with Crippen LogP contribution in [-0.2, 0) is 6.42 Å². The van der Waals surface area contributed by atoms with Crippen LogP contribution >= 0.6 is 0 Å². The van der Waals surface area contributed by atoms with Gasteiger partial charge in [0, 0.05) is 12.6 Å². The largest absolute Gasteiger partial charge is 0.351 e. The number of hydrogen-bond acceptors (Lipinski definition) is 4. The standard InChI is InChI=1S/C14H18N4O2/c1-3-10-7-12(20-17-10)14(19)18-6-4-5-11(18)13-9(2)8-15-16-13/h7-8,11H,3-6H2,1-2H3,(H,15,16). The second-order valence-electron chi connectivity index (χ2n) is 5.16. The van der Waals surface area contributed by atoms with Crippen molar-refractivity contribution in [1.82, 2.24) is 20.3 Å². The van der Waals surface area contributed by atoms with Crippen LogP contribution in [-0.4, -0.2) is 32.7 Å². The van der Waals surface area contributed by atoms with Crippen LogP contribution in [0.15, 0.2) is 16.8 Å². The molecule has 1 N–H and O–H groups in total. The van der Waals surface area contributed by atoms with E-state index in [4.69, 9.17) is 4.52 Å². The molecule has 0 bridgehead atoms. The number of nitrogens with one attached hydrogen (secondary N) is 1. The molecular weight excluding hydrogens is 256 g/mol. The van der Waals surface area contributed by atoms with Gasteiger partial charge in [0.1, 0.15) is 0 Å². The van der Waals surface area contributed by atoms with Crippen molar-refractivity contribution in [2.24, 2.45) is 0 Å². The first-order valence-corrected chi connectivity index (χ1v) is 6.97. The highest BCUT2D eigenvalue weighted by Gasteiger charge is 2.34. The minimum Gasteiger partial charge on any atom is -0.351 e. The molecule has 20 heavy (non-hydrogen) atoms. The smallest absolute Gasteiger partial charge is 0.293 e. The lowest BCUT2D eigenvalue weighted by molar-refractivity contribution is 0.0690. The Hall–Kier alpha value is -2.11. The Labute approximate surface area is 117 Å². The number of aromatic nitrogens is 3. The Morgan fingerprint density at radius 2 is 2.45 bits per heavy atom. The molecule has 2 aromatic heterocycles. The molecule has 2 aromatic rings. The minimum absolute atomic E-state index is 0.0557. The van der Waals surface area contributed by atoms with Gasteiger partial charge < -0.3 is 9.42 Å². The molecular formula is C14H18N4O2. The zero-order chi connectivity index (χ0) is 14.1. The van der Waals surface area contributed by atoms with E-state index in [1.165, 1.54) is 0 Å². The molecule has 0 aliphatic carbocycles. The van der Waals surface area contributed by atoms with Crippen molar-refractivity contribution in [3.05, 3.63) is 35.0 Å². The number of nitrogens with zero attached hydrogens (tertiary/aromatic N) is 3. The van der Waals surface area contributed by atoms with Gasteiger partial charge in [-0.05, 0) is 31.7 Å². The van der Waals surface area contributed by atoms with Gasteiger partial charge >= 0.3 is 0 Å². The Morgan fingerprint density at radius 3 is 3.10 bits per heavy atom. The average Bonchev–Trinajstić information content (AvgIpc) is 3.17. The summed E-state index contributed by atoms with van der Waals surface area (Å²) in [6.45, 7) is 4.73. The van der Waals surface area contributed by atoms with Crippen molar-refractivity contribution in [3.63, 3.8) is 0 Å². The zero-order valence-electron chi connectivity index (χ0n) is 11.7. The summed E-state index contributed by atoms with van der Waals surface area (Å²) in [6.07, 6.45) is 4.49. The predicted molar refractivity (Wildman–Crippen MR) is 72.2 cm³/mol. The number of carbonyl (C=O) groups is 1. The van der Waals surface area contributed by atoms with Crippen LogP contribution in [0.2, 0.25) is 0 Å². The van der Waals surface area contributed by atoms with E-state index in [1.807, 2.05) is 18.7 Å². The van der Waals surface area contributed by atoms with Crippen molar-refractivity contribution in [3.8, 4) is 0 Å². The van der Waals surface area contributed by atoms with Crippen LogP contribution in [0.1, 0.15) is 53.3 Å². The fourth-order valence-corrected chi connectivity index (χ4v) is 2.72. The lowest BCUT2D eigenvalue weighted by Gasteiger charge is -2.23. The third-order valence-electron chi connectivity index (χ3n) is 3.85. The first kappa shape index (κ1) is 12.9. The Morgan fingerprint density at radius 1 is 1.60 bits per heavy atom. The molecule has 0 saturated carbocycles. The molecule has 3 rings (SSSR count). The number of carbonyl (C=O) groups excluding carboxylic acids is 1. The maximum Gasteiger partial charge on any atom is 0.293 e. The number of aryl methyl sites for hydroxylation is 2. The van der Waals surface area contributed by atoms with E-state index >= 15 is 0 Å². The Bertz CT molecular complexity index is 616. The Kier molecular flexibility index (Phi) is 3.30. The Balaban J connectivity index is 1.85. The first-order chi connectivity index (χ1) is 9.70. The molecule has 1 amide bonds. The second-order valence-corrected chi connectivity index (χ2v) is 5.16. The van der Waals surface area contributed by atoms with Crippen molar-refractivity contribution < 1.29 is 9.32 Å². The minimum atomic E-state index is -0.0892. The lowest BCUT2D eigenvalue weighted by Crippen LogP contribution is -2.30. The number of rotatable bonds is 3. The summed E-state index contributed by atoms with van der Waals surface area (Å²) < 4.78 is 5.16. The second kappa shape index (κ2) is 5.11. The SMILES string of the molecule is CCc1cc(C(=O)N2CCCC2c2[nH]ncc2C)on1. The van der Waals surface area contributed by atoms with Gasteiger partial charge in [0.2, 0.25) is 5.76 Å². The van der Waals surface area contributed by atoms with E-state index in [0.29, 0.717) is 5.76 Å². The lowest BCUT2D eigenvalue weighted by atomic mass is 10.1. The van der Waals surface area contributed by atoms with Crippen LogP contribution in [0.5, 0.6) is 0 Å². The van der Waals surface area contributed by atoms with Gasteiger partial charge in [0.25, 0.3) is 5.91 Å². The maximum atomic E-state index is 12.6. The molecule has 1 fully saturated rings. The average molecular weight is 274 g/mol. The summed E-state index contributed by atoms with van der Waals surface area (Å²) in [6, 6.07) is 1.79. The molecule has 1 aliphatic rings. The van der Waals surface area contributed by atoms with Gasteiger partial charge in [-0.25, -0.2) is 0 Å².